The fraction of sp³-hybridized carbons (Fsp3) is 0.424. The van der Waals surface area contributed by atoms with E-state index in [1.807, 2.05) is 37.5 Å². The predicted molar refractivity (Wildman–Crippen MR) is 159 cm³/mol. The van der Waals surface area contributed by atoms with Gasteiger partial charge in [0, 0.05) is 32.0 Å². The fourth-order valence-electron chi connectivity index (χ4n) is 6.16. The summed E-state index contributed by atoms with van der Waals surface area (Å²) in [6, 6.07) is 16.3. The van der Waals surface area contributed by atoms with Gasteiger partial charge in [-0.2, -0.15) is 5.10 Å². The van der Waals surface area contributed by atoms with Crippen LogP contribution >= 0.6 is 0 Å². The van der Waals surface area contributed by atoms with Crippen LogP contribution < -0.4 is 4.74 Å². The molecule has 0 amide bonds. The van der Waals surface area contributed by atoms with E-state index in [9.17, 15) is 9.59 Å². The highest BCUT2D eigenvalue weighted by molar-refractivity contribution is 5.91. The maximum Gasteiger partial charge on any atom is 0.344 e. The first-order chi connectivity index (χ1) is 20.9. The molecule has 0 radical (unpaired) electrons. The zero-order chi connectivity index (χ0) is 29.9. The molecule has 6 rings (SSSR count). The van der Waals surface area contributed by atoms with Gasteiger partial charge in [-0.1, -0.05) is 48.7 Å². The first kappa shape index (κ1) is 28.6. The van der Waals surface area contributed by atoms with Gasteiger partial charge in [0.05, 0.1) is 29.4 Å². The second-order valence-electron chi connectivity index (χ2n) is 11.6. The molecule has 10 heteroatoms. The van der Waals surface area contributed by atoms with E-state index in [0.29, 0.717) is 11.5 Å². The first-order valence-electron chi connectivity index (χ1n) is 15.0. The van der Waals surface area contributed by atoms with Crippen LogP contribution in [0.1, 0.15) is 86.0 Å². The van der Waals surface area contributed by atoms with E-state index in [-0.39, 0.29) is 17.9 Å². The quantitative estimate of drug-likeness (QED) is 0.166. The molecule has 10 nitrogen and oxygen atoms in total. The van der Waals surface area contributed by atoms with Crippen molar-refractivity contribution in [3.63, 3.8) is 0 Å². The highest BCUT2D eigenvalue weighted by Gasteiger charge is 2.46. The summed E-state index contributed by atoms with van der Waals surface area (Å²) in [4.78, 5) is 24.3. The van der Waals surface area contributed by atoms with E-state index in [1.165, 1.54) is 45.2 Å². The summed E-state index contributed by atoms with van der Waals surface area (Å²) in [6.45, 7) is 2.99. The van der Waals surface area contributed by atoms with Crippen LogP contribution in [0.5, 0.6) is 5.75 Å². The third kappa shape index (κ3) is 6.48. The minimum Gasteiger partial charge on any atom is -0.490 e. The molecule has 2 aliphatic carbocycles. The third-order valence-electron chi connectivity index (χ3n) is 8.51. The van der Waals surface area contributed by atoms with Crippen molar-refractivity contribution in [2.24, 2.45) is 13.0 Å². The van der Waals surface area contributed by atoms with Crippen LogP contribution in [0.15, 0.2) is 60.9 Å². The Morgan fingerprint density at radius 3 is 2.51 bits per heavy atom. The summed E-state index contributed by atoms with van der Waals surface area (Å²) in [7, 11) is 1.83. The maximum atomic E-state index is 13.1. The molecule has 224 valence electrons. The van der Waals surface area contributed by atoms with Crippen molar-refractivity contribution in [2.75, 3.05) is 6.79 Å². The molecule has 0 unspecified atom stereocenters. The molecule has 2 aromatic heterocycles. The van der Waals surface area contributed by atoms with Gasteiger partial charge in [-0.05, 0) is 67.5 Å². The van der Waals surface area contributed by atoms with Gasteiger partial charge in [0.2, 0.25) is 6.79 Å². The lowest BCUT2D eigenvalue weighted by atomic mass is 9.86. The second kappa shape index (κ2) is 12.4. The van der Waals surface area contributed by atoms with Crippen molar-refractivity contribution >= 4 is 11.9 Å². The zero-order valence-electron chi connectivity index (χ0n) is 24.8. The first-order valence-corrected chi connectivity index (χ1v) is 15.0. The number of aryl methyl sites for hydroxylation is 1. The Balaban J connectivity index is 1.28. The molecular formula is C33H37N5O5. The van der Waals surface area contributed by atoms with Gasteiger partial charge < -0.3 is 14.2 Å². The number of esters is 2. The van der Waals surface area contributed by atoms with Crippen LogP contribution in [0.25, 0.3) is 16.8 Å². The van der Waals surface area contributed by atoms with Crippen molar-refractivity contribution in [1.82, 2.24) is 24.8 Å². The molecule has 2 fully saturated rings. The van der Waals surface area contributed by atoms with Crippen molar-refractivity contribution in [1.29, 1.82) is 0 Å². The Labute approximate surface area is 250 Å². The maximum absolute atomic E-state index is 13.1. The molecule has 0 saturated heterocycles. The minimum atomic E-state index is -0.597. The molecule has 4 aromatic rings. The van der Waals surface area contributed by atoms with E-state index in [4.69, 9.17) is 14.2 Å². The molecule has 0 aliphatic heterocycles. The summed E-state index contributed by atoms with van der Waals surface area (Å²) in [5.41, 5.74) is 4.80. The van der Waals surface area contributed by atoms with Crippen LogP contribution in [0.2, 0.25) is 0 Å². The molecule has 3 atom stereocenters. The molecule has 0 bridgehead atoms. The summed E-state index contributed by atoms with van der Waals surface area (Å²) in [5.74, 6) is 0.443. The zero-order valence-corrected chi connectivity index (χ0v) is 24.8. The monoisotopic (exact) mass is 583 g/mol. The number of rotatable bonds is 10. The Bertz CT molecular complexity index is 1600. The molecular weight excluding hydrogens is 546 g/mol. The molecule has 2 aliphatic rings. The Morgan fingerprint density at radius 2 is 1.77 bits per heavy atom. The van der Waals surface area contributed by atoms with Crippen molar-refractivity contribution < 1.29 is 23.8 Å². The SMILES string of the molecule is CC(=O)OCOC(=O)c1cnn(-c2cccc(-c3cccc(O[C@@H](C)C4CCCCC4)c3)c2)c1[C@@H]1C[C@H]1c1cn(C)nn1. The summed E-state index contributed by atoms with van der Waals surface area (Å²) in [5, 5.41) is 13.0. The van der Waals surface area contributed by atoms with Gasteiger partial charge in [-0.3, -0.25) is 9.48 Å². The summed E-state index contributed by atoms with van der Waals surface area (Å²) >= 11 is 0. The van der Waals surface area contributed by atoms with Crippen molar-refractivity contribution in [3.05, 3.63) is 77.9 Å². The molecule has 2 saturated carbocycles. The lowest BCUT2D eigenvalue weighted by molar-refractivity contribution is -0.149. The third-order valence-corrected chi connectivity index (χ3v) is 8.51. The van der Waals surface area contributed by atoms with Crippen LogP contribution in [-0.2, 0) is 21.3 Å². The Morgan fingerprint density at radius 1 is 1.00 bits per heavy atom. The number of ether oxygens (including phenoxy) is 3. The van der Waals surface area contributed by atoms with Crippen molar-refractivity contribution in [3.8, 4) is 22.6 Å². The predicted octanol–water partition coefficient (Wildman–Crippen LogP) is 5.96. The largest absolute Gasteiger partial charge is 0.490 e. The van der Waals surface area contributed by atoms with Crippen LogP contribution in [-0.4, -0.2) is 49.6 Å². The summed E-state index contributed by atoms with van der Waals surface area (Å²) < 4.78 is 20.0. The van der Waals surface area contributed by atoms with Crippen LogP contribution in [0.4, 0.5) is 0 Å². The number of carbonyl (C=O) groups is 2. The number of aromatic nitrogens is 5. The van der Waals surface area contributed by atoms with E-state index in [2.05, 4.69) is 46.6 Å². The average molecular weight is 584 g/mol. The highest BCUT2D eigenvalue weighted by atomic mass is 16.7. The number of nitrogens with zero attached hydrogens (tertiary/aromatic N) is 5. The van der Waals surface area contributed by atoms with Gasteiger partial charge in [-0.15, -0.1) is 5.10 Å². The van der Waals surface area contributed by atoms with Gasteiger partial charge in [0.1, 0.15) is 11.3 Å². The van der Waals surface area contributed by atoms with E-state index < -0.39 is 18.7 Å². The average Bonchev–Trinajstić information content (AvgIpc) is 3.46. The molecule has 2 aromatic carbocycles. The molecule has 2 heterocycles. The summed E-state index contributed by atoms with van der Waals surface area (Å²) in [6.07, 6.45) is 10.7. The normalized spacial score (nSPS) is 19.0. The lowest BCUT2D eigenvalue weighted by Crippen LogP contribution is -2.25. The molecule has 43 heavy (non-hydrogen) atoms. The fourth-order valence-corrected chi connectivity index (χ4v) is 6.16. The smallest absolute Gasteiger partial charge is 0.344 e. The Hall–Kier alpha value is -4.47. The molecule has 0 N–H and O–H groups in total. The van der Waals surface area contributed by atoms with Crippen LogP contribution in [0, 0.1) is 5.92 Å². The van der Waals surface area contributed by atoms with E-state index in [0.717, 1.165) is 40.4 Å². The van der Waals surface area contributed by atoms with Crippen molar-refractivity contribution in [2.45, 2.75) is 70.3 Å². The number of hydrogen-bond donors (Lipinski definition) is 0. The van der Waals surface area contributed by atoms with E-state index in [1.54, 1.807) is 9.36 Å². The number of hydrogen-bond acceptors (Lipinski definition) is 8. The van der Waals surface area contributed by atoms with Gasteiger partial charge in [0.15, 0.2) is 0 Å². The Kier molecular flexibility index (Phi) is 8.26. The second-order valence-corrected chi connectivity index (χ2v) is 11.6. The minimum absolute atomic E-state index is 0.00265. The van der Waals surface area contributed by atoms with Gasteiger partial charge >= 0.3 is 11.9 Å². The van der Waals surface area contributed by atoms with E-state index >= 15 is 0 Å². The highest BCUT2D eigenvalue weighted by Crippen LogP contribution is 2.55. The standard InChI is InChI=1S/C33H37N5O5/c1-21(23-9-5-4-6-10-23)43-27-14-8-12-25(16-27)24-11-7-13-26(15-24)38-32(29-17-28(29)31-19-37(3)36-35-31)30(18-34-38)33(40)42-20-41-22(2)39/h7-8,11-16,18-19,21,23,28-29H,4-6,9-10,17,20H2,1-3H3/t21-,28+,29+/m0/s1. The van der Waals surface area contributed by atoms with Gasteiger partial charge in [-0.25, -0.2) is 9.48 Å². The molecule has 0 spiro atoms. The van der Waals surface area contributed by atoms with Gasteiger partial charge in [0.25, 0.3) is 0 Å². The topological polar surface area (TPSA) is 110 Å². The van der Waals surface area contributed by atoms with Crippen LogP contribution in [0.3, 0.4) is 0 Å². The number of carbonyl (C=O) groups excluding carboxylic acids is 2. The lowest BCUT2D eigenvalue weighted by Gasteiger charge is -2.28. The number of benzene rings is 2.